The van der Waals surface area contributed by atoms with Gasteiger partial charge >= 0.3 is 11.9 Å². The first kappa shape index (κ1) is 48.9. The maximum Gasteiger partial charge on any atom is 0.336 e. The van der Waals surface area contributed by atoms with Gasteiger partial charge < -0.3 is 40.9 Å². The van der Waals surface area contributed by atoms with E-state index in [1.807, 2.05) is 0 Å². The number of ketones is 1. The van der Waals surface area contributed by atoms with Crippen molar-refractivity contribution in [3.63, 3.8) is 0 Å². The predicted molar refractivity (Wildman–Crippen MR) is 236 cm³/mol. The third-order valence-electron chi connectivity index (χ3n) is 11.6. The number of pyridine rings is 1. The Morgan fingerprint density at radius 3 is 2.46 bits per heavy atom. The lowest BCUT2D eigenvalue weighted by molar-refractivity contribution is -0.141. The number of nitrogens with zero attached hydrogens (tertiary/aromatic N) is 4. The molecule has 4 unspecified atom stereocenters. The molecule has 23 heteroatoms. The number of phenols is 1. The van der Waals surface area contributed by atoms with E-state index in [0.717, 1.165) is 21.6 Å². The second-order valence-corrected chi connectivity index (χ2v) is 17.7. The Balaban J connectivity index is 0.907. The second-order valence-electron chi connectivity index (χ2n) is 16.4. The summed E-state index contributed by atoms with van der Waals surface area (Å²) in [6, 6.07) is 8.47. The van der Waals surface area contributed by atoms with Crippen LogP contribution in [0.3, 0.4) is 0 Å². The van der Waals surface area contributed by atoms with Gasteiger partial charge in [0.15, 0.2) is 5.78 Å². The number of aromatic nitrogens is 1. The number of nitrogens with one attached hydrogen (secondary N) is 3. The molecule has 7 rings (SSSR count). The number of carboxylic acids is 2. The fourth-order valence-electron chi connectivity index (χ4n) is 8.27. The highest BCUT2D eigenvalue weighted by atomic mass is 32.2. The number of rotatable bonds is 16. The molecule has 0 spiro atoms. The van der Waals surface area contributed by atoms with E-state index >= 15 is 0 Å². The number of thioether (sulfide) groups is 1. The van der Waals surface area contributed by atoms with Gasteiger partial charge in [-0.1, -0.05) is 18.2 Å². The van der Waals surface area contributed by atoms with Crippen LogP contribution >= 0.6 is 11.8 Å². The van der Waals surface area contributed by atoms with Crippen LogP contribution in [0.25, 0.3) is 0 Å². The summed E-state index contributed by atoms with van der Waals surface area (Å²) >= 11 is 0.787. The maximum atomic E-state index is 13.8. The molecular formula is C46H41F2N7O13S. The second kappa shape index (κ2) is 20.1. The Hall–Kier alpha value is -8.00. The molecule has 4 aliphatic rings. The standard InChI is InChI=1S/C46H41F2N7O13S/c1-22(42(62)54-21-46(47,48)17-26(54)18-49)52-41(61)23-10-11-50-24(12-23)19-51-37(58)8-9-38(59)53-33(45(66)67)20-69-36-16-39(60)55(43(36)63)25-2-5-29(32(13-25)44(64)65)40-30-6-3-27(56)14-34(30)68-35-15-28(57)4-7-31(35)40/h2-7,10-15,22,26,30,33,36,40,57H,8-9,16-17,19-21H2,1H3,(H,51,58)(H,52,61)(H,53,59)(H,64,65)(H,66,67)/t22-,26-,30?,33?,36?,40?/m0/s1. The largest absolute Gasteiger partial charge is 0.508 e. The minimum Gasteiger partial charge on any atom is -0.508 e. The summed E-state index contributed by atoms with van der Waals surface area (Å²) in [5, 5.41) is 45.7. The van der Waals surface area contributed by atoms with E-state index in [-0.39, 0.29) is 69.8 Å². The predicted octanol–water partition coefficient (Wildman–Crippen LogP) is 2.56. The number of likely N-dealkylation sites (tertiary alicyclic amines) is 1. The number of amides is 6. The number of carbonyl (C=O) groups is 9. The van der Waals surface area contributed by atoms with Crippen LogP contribution in [0.15, 0.2) is 78.7 Å². The lowest BCUT2D eigenvalue weighted by Crippen LogP contribution is -2.48. The average Bonchev–Trinajstić information content (AvgIpc) is 3.79. The van der Waals surface area contributed by atoms with Crippen molar-refractivity contribution in [2.75, 3.05) is 17.2 Å². The quantitative estimate of drug-likeness (QED) is 0.112. The number of halogens is 2. The van der Waals surface area contributed by atoms with Crippen molar-refractivity contribution in [2.45, 2.75) is 74.4 Å². The van der Waals surface area contributed by atoms with Gasteiger partial charge in [-0.25, -0.2) is 23.3 Å². The molecular weight excluding hydrogens is 929 g/mol. The van der Waals surface area contributed by atoms with Crippen LogP contribution in [0.2, 0.25) is 0 Å². The highest BCUT2D eigenvalue weighted by Crippen LogP contribution is 2.49. The molecule has 3 aliphatic heterocycles. The number of alkyl halides is 2. The van der Waals surface area contributed by atoms with Gasteiger partial charge in [0, 0.05) is 72.7 Å². The van der Waals surface area contributed by atoms with Gasteiger partial charge in [-0.3, -0.25) is 38.5 Å². The highest BCUT2D eigenvalue weighted by molar-refractivity contribution is 8.00. The van der Waals surface area contributed by atoms with Gasteiger partial charge in [-0.2, -0.15) is 5.26 Å². The van der Waals surface area contributed by atoms with E-state index in [9.17, 15) is 72.5 Å². The zero-order valence-corrected chi connectivity index (χ0v) is 37.0. The van der Waals surface area contributed by atoms with E-state index < -0.39 is 114 Å². The number of imide groups is 1. The van der Waals surface area contributed by atoms with Crippen LogP contribution in [0, 0.1) is 17.2 Å². The highest BCUT2D eigenvalue weighted by Gasteiger charge is 2.48. The van der Waals surface area contributed by atoms with E-state index in [4.69, 9.17) is 4.74 Å². The Morgan fingerprint density at radius 2 is 1.74 bits per heavy atom. The van der Waals surface area contributed by atoms with E-state index in [1.54, 1.807) is 18.2 Å². The lowest BCUT2D eigenvalue weighted by atomic mass is 9.74. The number of ether oxygens (including phenoxy) is 1. The molecule has 69 heavy (non-hydrogen) atoms. The van der Waals surface area contributed by atoms with Crippen molar-refractivity contribution in [1.82, 2.24) is 25.8 Å². The molecule has 3 aromatic rings. The first-order valence-corrected chi connectivity index (χ1v) is 22.2. The summed E-state index contributed by atoms with van der Waals surface area (Å²) < 4.78 is 33.6. The van der Waals surface area contributed by atoms with Crippen molar-refractivity contribution in [3.05, 3.63) is 107 Å². The Morgan fingerprint density at radius 1 is 1.00 bits per heavy atom. The molecule has 6 amide bonds. The van der Waals surface area contributed by atoms with Gasteiger partial charge in [-0.15, -0.1) is 11.8 Å². The fourth-order valence-corrected chi connectivity index (χ4v) is 9.43. The molecule has 6 atom stereocenters. The lowest BCUT2D eigenvalue weighted by Gasteiger charge is -2.36. The number of nitriles is 1. The molecule has 0 bridgehead atoms. The minimum atomic E-state index is -3.24. The number of carboxylic acid groups (broad SMARTS) is 2. The molecule has 2 fully saturated rings. The Bertz CT molecular complexity index is 2800. The number of aromatic hydroxyl groups is 1. The van der Waals surface area contributed by atoms with E-state index in [1.165, 1.54) is 67.7 Å². The van der Waals surface area contributed by atoms with Crippen molar-refractivity contribution in [1.29, 1.82) is 5.26 Å². The van der Waals surface area contributed by atoms with Gasteiger partial charge in [0.05, 0.1) is 41.4 Å². The van der Waals surface area contributed by atoms with Crippen molar-refractivity contribution in [3.8, 4) is 17.6 Å². The van der Waals surface area contributed by atoms with Crippen LogP contribution in [-0.4, -0.2) is 120 Å². The molecule has 358 valence electrons. The monoisotopic (exact) mass is 969 g/mol. The number of carbonyl (C=O) groups excluding carboxylic acids is 7. The van der Waals surface area contributed by atoms with Gasteiger partial charge in [0.2, 0.25) is 29.5 Å². The molecule has 1 aromatic heterocycles. The summed E-state index contributed by atoms with van der Waals surface area (Å²) in [5.74, 6) is -12.4. The molecule has 6 N–H and O–H groups in total. The number of phenolic OH excluding ortho intramolecular Hbond substituents is 1. The normalized spacial score (nSPS) is 20.9. The number of benzene rings is 2. The van der Waals surface area contributed by atoms with Crippen LogP contribution in [-0.2, 0) is 40.1 Å². The van der Waals surface area contributed by atoms with Crippen LogP contribution < -0.4 is 25.6 Å². The molecule has 20 nitrogen and oxygen atoms in total. The minimum absolute atomic E-state index is 0.0166. The molecule has 4 heterocycles. The first-order valence-electron chi connectivity index (χ1n) is 21.2. The summed E-state index contributed by atoms with van der Waals surface area (Å²) in [6.07, 6.45) is 3.40. The van der Waals surface area contributed by atoms with Crippen LogP contribution in [0.1, 0.15) is 76.1 Å². The van der Waals surface area contributed by atoms with Crippen molar-refractivity contribution < 1.29 is 72.0 Å². The number of aromatic carboxylic acids is 1. The zero-order chi connectivity index (χ0) is 49.9. The Labute approximate surface area is 394 Å². The molecule has 0 saturated carbocycles. The number of anilines is 1. The molecule has 2 saturated heterocycles. The van der Waals surface area contributed by atoms with Gasteiger partial charge in [0.25, 0.3) is 11.8 Å². The topological polar surface area (TPSA) is 303 Å². The number of fused-ring (bicyclic) bond motifs is 2. The van der Waals surface area contributed by atoms with Crippen LogP contribution in [0.5, 0.6) is 11.5 Å². The van der Waals surface area contributed by atoms with E-state index in [0.29, 0.717) is 5.56 Å². The van der Waals surface area contributed by atoms with E-state index in [2.05, 4.69) is 20.9 Å². The summed E-state index contributed by atoms with van der Waals surface area (Å²) in [7, 11) is 0. The number of hydrogen-bond donors (Lipinski definition) is 6. The summed E-state index contributed by atoms with van der Waals surface area (Å²) in [4.78, 5) is 121. The number of hydrogen-bond acceptors (Lipinski definition) is 14. The first-order chi connectivity index (χ1) is 32.7. The average molecular weight is 970 g/mol. The maximum absolute atomic E-state index is 13.8. The Kier molecular flexibility index (Phi) is 14.2. The molecule has 2 aromatic carbocycles. The summed E-state index contributed by atoms with van der Waals surface area (Å²) in [6.45, 7) is 0.122. The van der Waals surface area contributed by atoms with Crippen molar-refractivity contribution in [2.24, 2.45) is 5.92 Å². The summed E-state index contributed by atoms with van der Waals surface area (Å²) in [5.41, 5.74) is 0.672. The van der Waals surface area contributed by atoms with Gasteiger partial charge in [-0.05, 0) is 48.9 Å². The zero-order valence-electron chi connectivity index (χ0n) is 36.2. The molecule has 0 radical (unpaired) electrons. The van der Waals surface area contributed by atoms with Gasteiger partial charge in [0.1, 0.15) is 35.4 Å². The van der Waals surface area contributed by atoms with Crippen LogP contribution in [0.4, 0.5) is 14.5 Å². The third kappa shape index (κ3) is 10.9. The number of aliphatic carboxylic acids is 1. The SMILES string of the molecule is C[C@H](NC(=O)c1ccnc(CNC(=O)CCC(=O)NC(CSC2CC(=O)N(c3ccc(C4c5ccc(O)cc5OC5=CC(=O)C=CC54)c(C(=O)O)c3)C2=O)C(=O)O)c1)C(=O)N1CC(F)(F)C[C@H]1C#N. The number of allylic oxidation sites excluding steroid dienone is 3. The molecule has 1 aliphatic carbocycles. The third-order valence-corrected chi connectivity index (χ3v) is 12.9. The van der Waals surface area contributed by atoms with Crippen molar-refractivity contribution >= 4 is 70.6 Å². The fraction of sp³-hybridized carbons (Fsp3) is 0.326. The smallest absolute Gasteiger partial charge is 0.336 e.